The molecule has 2 heterocycles. The summed E-state index contributed by atoms with van der Waals surface area (Å²) >= 11 is 0. The summed E-state index contributed by atoms with van der Waals surface area (Å²) in [7, 11) is -1.65. The van der Waals surface area contributed by atoms with Gasteiger partial charge in [-0.3, -0.25) is 8.63 Å². The fourth-order valence-electron chi connectivity index (χ4n) is 5.61. The van der Waals surface area contributed by atoms with Crippen molar-refractivity contribution in [1.82, 2.24) is 4.48 Å². The maximum absolute atomic E-state index is 15.3. The van der Waals surface area contributed by atoms with Gasteiger partial charge in [0.1, 0.15) is 17.3 Å². The molecular weight excluding hydrogens is 665 g/mol. The highest BCUT2D eigenvalue weighted by molar-refractivity contribution is 6.43. The molecule has 0 unspecified atom stereocenters. The third-order valence-electron chi connectivity index (χ3n) is 8.20. The SMILES string of the molecule is COC(=O)COc1ccc(C2=CC(c3ccccc3)=N/C2=N\c2c(-c3ccccc3)cc(-c3ccc(OCCCCN=[N+]=[N-])cc3)n2B(F)F)cc1. The monoisotopic (exact) mass is 698 g/mol. The molecular formula is C39H33BF2N6O4. The molecule has 1 aromatic heterocycles. The molecule has 5 aromatic rings. The average molecular weight is 699 g/mol. The largest absolute Gasteiger partial charge is 0.679 e. The number of ether oxygens (including phenoxy) is 3. The number of methoxy groups -OCH3 is 1. The molecule has 0 spiro atoms. The van der Waals surface area contributed by atoms with Crippen LogP contribution in [-0.4, -0.2) is 56.3 Å². The van der Waals surface area contributed by atoms with Crippen molar-refractivity contribution in [3.63, 3.8) is 0 Å². The number of halogens is 2. The van der Waals surface area contributed by atoms with Crippen molar-refractivity contribution in [2.45, 2.75) is 12.8 Å². The summed E-state index contributed by atoms with van der Waals surface area (Å²) in [6.45, 7) is 0.589. The molecule has 52 heavy (non-hydrogen) atoms. The lowest BCUT2D eigenvalue weighted by Crippen LogP contribution is -2.14. The summed E-state index contributed by atoms with van der Waals surface area (Å²) in [4.78, 5) is 24.1. The number of carbonyl (C=O) groups is 1. The van der Waals surface area contributed by atoms with Crippen molar-refractivity contribution in [2.24, 2.45) is 15.1 Å². The summed E-state index contributed by atoms with van der Waals surface area (Å²) in [6, 6.07) is 34.5. The summed E-state index contributed by atoms with van der Waals surface area (Å²) in [6.07, 6.45) is 3.28. The second kappa shape index (κ2) is 17.0. The number of hydrogen-bond donors (Lipinski definition) is 0. The third kappa shape index (κ3) is 8.46. The molecule has 0 N–H and O–H groups in total. The van der Waals surface area contributed by atoms with Crippen LogP contribution in [0.3, 0.4) is 0 Å². The quantitative estimate of drug-likeness (QED) is 0.0270. The van der Waals surface area contributed by atoms with Crippen molar-refractivity contribution >= 4 is 36.3 Å². The van der Waals surface area contributed by atoms with Crippen molar-refractivity contribution in [2.75, 3.05) is 26.9 Å². The standard InChI is InChI=1S/C39H33BF2N6O4/c1-50-37(49)26-52-32-18-14-28(15-19-32)33-24-35(29-12-6-3-7-13-29)45-38(33)46-39-34(27-10-4-2-5-11-27)25-36(48(39)40(41)42)30-16-20-31(21-17-30)51-23-9-8-22-44-47-43/h2-7,10-21,24-25H,8-9,22-23,26H2,1H3/b46-38-. The molecule has 1 aliphatic rings. The number of aliphatic imine (C=N–C) groups is 2. The fourth-order valence-corrected chi connectivity index (χ4v) is 5.61. The van der Waals surface area contributed by atoms with E-state index < -0.39 is 13.4 Å². The lowest BCUT2D eigenvalue weighted by molar-refractivity contribution is -0.142. The van der Waals surface area contributed by atoms with Gasteiger partial charge in [0.15, 0.2) is 12.4 Å². The molecule has 4 aromatic carbocycles. The lowest BCUT2D eigenvalue weighted by atomic mass is 10.0. The number of hydrogen-bond acceptors (Lipinski definition) is 6. The highest BCUT2D eigenvalue weighted by atomic mass is 19.2. The van der Waals surface area contributed by atoms with Gasteiger partial charge in [-0.25, -0.2) is 14.8 Å². The van der Waals surface area contributed by atoms with Gasteiger partial charge in [-0.15, -0.1) is 0 Å². The number of carbonyl (C=O) groups excluding carboxylic acids is 1. The zero-order chi connectivity index (χ0) is 36.3. The van der Waals surface area contributed by atoms with Crippen LogP contribution in [0.5, 0.6) is 11.5 Å². The molecule has 6 rings (SSSR count). The number of rotatable bonds is 15. The molecule has 0 radical (unpaired) electrons. The van der Waals surface area contributed by atoms with Crippen LogP contribution in [0.2, 0.25) is 0 Å². The van der Waals surface area contributed by atoms with Crippen LogP contribution in [0.15, 0.2) is 136 Å². The van der Waals surface area contributed by atoms with Crippen LogP contribution in [0.4, 0.5) is 14.4 Å². The van der Waals surface area contributed by atoms with Crippen molar-refractivity contribution in [1.29, 1.82) is 0 Å². The molecule has 0 aliphatic carbocycles. The maximum Gasteiger partial charge on any atom is 0.679 e. The highest BCUT2D eigenvalue weighted by Gasteiger charge is 2.30. The van der Waals surface area contributed by atoms with Crippen LogP contribution in [0.1, 0.15) is 24.0 Å². The molecule has 13 heteroatoms. The molecule has 0 amide bonds. The normalized spacial score (nSPS) is 12.9. The Kier molecular flexibility index (Phi) is 11.5. The van der Waals surface area contributed by atoms with Gasteiger partial charge in [-0.05, 0) is 83.6 Å². The second-order valence-corrected chi connectivity index (χ2v) is 11.6. The van der Waals surface area contributed by atoms with Crippen LogP contribution in [-0.2, 0) is 9.53 Å². The Balaban J connectivity index is 1.41. The minimum atomic E-state index is -2.93. The molecule has 0 saturated heterocycles. The maximum atomic E-state index is 15.3. The number of allylic oxidation sites excluding steroid dienone is 1. The van der Waals surface area contributed by atoms with Crippen LogP contribution >= 0.6 is 0 Å². The van der Waals surface area contributed by atoms with Crippen LogP contribution in [0, 0.1) is 0 Å². The minimum Gasteiger partial charge on any atom is -0.494 e. The topological polar surface area (TPSA) is 123 Å². The molecule has 0 atom stereocenters. The second-order valence-electron chi connectivity index (χ2n) is 11.6. The van der Waals surface area contributed by atoms with E-state index in [0.29, 0.717) is 65.5 Å². The number of esters is 1. The Hall–Kier alpha value is -6.46. The van der Waals surface area contributed by atoms with E-state index in [1.165, 1.54) is 7.11 Å². The Bertz CT molecular complexity index is 2150. The average Bonchev–Trinajstić information content (AvgIpc) is 3.79. The lowest BCUT2D eigenvalue weighted by Gasteiger charge is -2.11. The van der Waals surface area contributed by atoms with E-state index in [9.17, 15) is 4.79 Å². The van der Waals surface area contributed by atoms with Crippen LogP contribution in [0.25, 0.3) is 38.4 Å². The van der Waals surface area contributed by atoms with Crippen molar-refractivity contribution in [3.8, 4) is 33.9 Å². The van der Waals surface area contributed by atoms with Gasteiger partial charge in [0.25, 0.3) is 0 Å². The summed E-state index contributed by atoms with van der Waals surface area (Å²) < 4.78 is 47.4. The van der Waals surface area contributed by atoms with Gasteiger partial charge in [0, 0.05) is 33.9 Å². The molecule has 0 bridgehead atoms. The number of aromatic nitrogens is 1. The smallest absolute Gasteiger partial charge is 0.494 e. The molecule has 1 aliphatic heterocycles. The first kappa shape index (κ1) is 35.4. The summed E-state index contributed by atoms with van der Waals surface area (Å²) in [5.74, 6) is 0.855. The summed E-state index contributed by atoms with van der Waals surface area (Å²) in [5.41, 5.74) is 13.3. The van der Waals surface area contributed by atoms with Crippen LogP contribution < -0.4 is 9.47 Å². The van der Waals surface area contributed by atoms with E-state index in [1.807, 2.05) is 66.7 Å². The predicted octanol–water partition coefficient (Wildman–Crippen LogP) is 9.23. The van der Waals surface area contributed by atoms with Crippen molar-refractivity contribution in [3.05, 3.63) is 143 Å². The van der Waals surface area contributed by atoms with Gasteiger partial charge >= 0.3 is 13.4 Å². The Morgan fingerprint density at radius 2 is 1.46 bits per heavy atom. The third-order valence-corrected chi connectivity index (χ3v) is 8.20. The number of benzene rings is 4. The Labute approximate surface area is 299 Å². The Morgan fingerprint density at radius 3 is 2.10 bits per heavy atom. The van der Waals surface area contributed by atoms with Gasteiger partial charge in [-0.2, -0.15) is 0 Å². The number of amidine groups is 1. The fraction of sp³-hybridized carbons (Fsp3) is 0.154. The highest BCUT2D eigenvalue weighted by Crippen LogP contribution is 2.41. The van der Waals surface area contributed by atoms with Gasteiger partial charge in [0.2, 0.25) is 0 Å². The van der Waals surface area contributed by atoms with E-state index >= 15 is 8.63 Å². The number of azide groups is 1. The van der Waals surface area contributed by atoms with Crippen molar-refractivity contribution < 1.29 is 27.6 Å². The zero-order valence-electron chi connectivity index (χ0n) is 28.2. The molecule has 10 nitrogen and oxygen atoms in total. The van der Waals surface area contributed by atoms with E-state index in [4.69, 9.17) is 25.0 Å². The minimum absolute atomic E-state index is 0.0496. The Morgan fingerprint density at radius 1 is 0.827 bits per heavy atom. The van der Waals surface area contributed by atoms with E-state index in [0.717, 1.165) is 15.6 Å². The summed E-state index contributed by atoms with van der Waals surface area (Å²) in [5, 5.41) is 3.53. The zero-order valence-corrected chi connectivity index (χ0v) is 28.2. The first-order chi connectivity index (χ1) is 25.4. The number of unbranched alkanes of at least 4 members (excludes halogenated alkanes) is 1. The molecule has 0 fully saturated rings. The molecule has 260 valence electrons. The van der Waals surface area contributed by atoms with Gasteiger partial charge in [0.05, 0.1) is 19.4 Å². The van der Waals surface area contributed by atoms with E-state index in [-0.39, 0.29) is 24.0 Å². The predicted molar refractivity (Wildman–Crippen MR) is 199 cm³/mol. The van der Waals surface area contributed by atoms with Gasteiger partial charge in [-0.1, -0.05) is 77.9 Å². The molecule has 0 saturated carbocycles. The van der Waals surface area contributed by atoms with E-state index in [2.05, 4.69) is 14.8 Å². The van der Waals surface area contributed by atoms with E-state index in [1.54, 1.807) is 54.6 Å². The first-order valence-electron chi connectivity index (χ1n) is 16.5. The van der Waals surface area contributed by atoms with Gasteiger partial charge < -0.3 is 18.7 Å². The number of nitrogens with zero attached hydrogens (tertiary/aromatic N) is 6. The first-order valence-corrected chi connectivity index (χ1v) is 16.5.